The standard InChI is InChI=1S/C10H15N3OS/c1-7(2)6-15-9-5-3-4-8(12-9)10(11)13-14/h3-5,7,14H,6H2,1-2H3,(H2,11,13). The largest absolute Gasteiger partial charge is 0.409 e. The quantitative estimate of drug-likeness (QED) is 0.270. The molecule has 0 atom stereocenters. The number of nitrogens with two attached hydrogens (primary N) is 1. The predicted octanol–water partition coefficient (Wildman–Crippen LogP) is 1.92. The van der Waals surface area contributed by atoms with Crippen LogP contribution in [0.5, 0.6) is 0 Å². The van der Waals surface area contributed by atoms with Gasteiger partial charge in [-0.15, -0.1) is 11.8 Å². The van der Waals surface area contributed by atoms with Crippen molar-refractivity contribution in [2.45, 2.75) is 18.9 Å². The highest BCUT2D eigenvalue weighted by Gasteiger charge is 2.03. The molecular weight excluding hydrogens is 210 g/mol. The first-order valence-corrected chi connectivity index (χ1v) is 5.69. The molecule has 4 nitrogen and oxygen atoms in total. The fourth-order valence-electron chi connectivity index (χ4n) is 0.941. The summed E-state index contributed by atoms with van der Waals surface area (Å²) in [5.41, 5.74) is 5.95. The second kappa shape index (κ2) is 5.60. The summed E-state index contributed by atoms with van der Waals surface area (Å²) in [6, 6.07) is 5.48. The Morgan fingerprint density at radius 1 is 1.60 bits per heavy atom. The van der Waals surface area contributed by atoms with Gasteiger partial charge >= 0.3 is 0 Å². The lowest BCUT2D eigenvalue weighted by Gasteiger charge is -2.05. The van der Waals surface area contributed by atoms with Crippen LogP contribution in [0.25, 0.3) is 0 Å². The third-order valence-electron chi connectivity index (χ3n) is 1.66. The monoisotopic (exact) mass is 225 g/mol. The van der Waals surface area contributed by atoms with E-state index in [1.165, 1.54) is 0 Å². The Balaban J connectivity index is 2.74. The minimum absolute atomic E-state index is 0.0435. The lowest BCUT2D eigenvalue weighted by Crippen LogP contribution is -2.15. The van der Waals surface area contributed by atoms with E-state index in [-0.39, 0.29) is 5.84 Å². The van der Waals surface area contributed by atoms with Crippen LogP contribution in [0, 0.1) is 5.92 Å². The molecule has 0 unspecified atom stereocenters. The van der Waals surface area contributed by atoms with Crippen molar-refractivity contribution < 1.29 is 5.21 Å². The van der Waals surface area contributed by atoms with Gasteiger partial charge in [-0.1, -0.05) is 25.1 Å². The molecule has 1 heterocycles. The van der Waals surface area contributed by atoms with Gasteiger partial charge in [-0.25, -0.2) is 4.98 Å². The third-order valence-corrected chi connectivity index (χ3v) is 3.01. The van der Waals surface area contributed by atoms with Crippen molar-refractivity contribution in [1.29, 1.82) is 0 Å². The fraction of sp³-hybridized carbons (Fsp3) is 0.400. The summed E-state index contributed by atoms with van der Waals surface area (Å²) in [6.07, 6.45) is 0. The van der Waals surface area contributed by atoms with E-state index >= 15 is 0 Å². The zero-order chi connectivity index (χ0) is 11.3. The van der Waals surface area contributed by atoms with Crippen LogP contribution < -0.4 is 5.73 Å². The topological polar surface area (TPSA) is 71.5 Å². The normalized spacial score (nSPS) is 12.1. The number of amidine groups is 1. The molecule has 0 bridgehead atoms. The van der Waals surface area contributed by atoms with Crippen LogP contribution in [-0.4, -0.2) is 21.8 Å². The molecule has 0 radical (unpaired) electrons. The van der Waals surface area contributed by atoms with Crippen LogP contribution in [0.2, 0.25) is 0 Å². The number of rotatable bonds is 4. The molecule has 0 aliphatic heterocycles. The average molecular weight is 225 g/mol. The summed E-state index contributed by atoms with van der Waals surface area (Å²) in [4.78, 5) is 4.26. The first kappa shape index (κ1) is 11.8. The number of hydrogen-bond acceptors (Lipinski definition) is 4. The Labute approximate surface area is 93.6 Å². The molecule has 0 fully saturated rings. The van der Waals surface area contributed by atoms with Gasteiger partial charge in [0.05, 0.1) is 5.03 Å². The number of nitrogens with zero attached hydrogens (tertiary/aromatic N) is 2. The molecule has 5 heteroatoms. The number of pyridine rings is 1. The third kappa shape index (κ3) is 3.79. The van der Waals surface area contributed by atoms with Crippen LogP contribution in [-0.2, 0) is 0 Å². The zero-order valence-corrected chi connectivity index (χ0v) is 9.66. The van der Waals surface area contributed by atoms with Crippen molar-refractivity contribution in [2.75, 3.05) is 5.75 Å². The molecular formula is C10H15N3OS. The summed E-state index contributed by atoms with van der Waals surface area (Å²) in [5.74, 6) is 1.67. The zero-order valence-electron chi connectivity index (χ0n) is 8.84. The van der Waals surface area contributed by atoms with Gasteiger partial charge in [0.2, 0.25) is 0 Å². The highest BCUT2D eigenvalue weighted by molar-refractivity contribution is 7.99. The molecule has 0 aliphatic rings. The molecule has 0 saturated heterocycles. The molecule has 0 saturated carbocycles. The predicted molar refractivity (Wildman–Crippen MR) is 62.3 cm³/mol. The molecule has 15 heavy (non-hydrogen) atoms. The Morgan fingerprint density at radius 2 is 2.33 bits per heavy atom. The fourth-order valence-corrected chi connectivity index (χ4v) is 1.78. The molecule has 0 spiro atoms. The highest BCUT2D eigenvalue weighted by Crippen LogP contribution is 2.18. The van der Waals surface area contributed by atoms with Gasteiger partial charge in [-0.3, -0.25) is 0 Å². The van der Waals surface area contributed by atoms with Crippen LogP contribution >= 0.6 is 11.8 Å². The Bertz CT molecular complexity index is 352. The molecule has 0 amide bonds. The van der Waals surface area contributed by atoms with E-state index in [0.717, 1.165) is 10.8 Å². The highest BCUT2D eigenvalue weighted by atomic mass is 32.2. The molecule has 0 aromatic carbocycles. The van der Waals surface area contributed by atoms with Gasteiger partial charge in [-0.05, 0) is 18.1 Å². The smallest absolute Gasteiger partial charge is 0.188 e. The van der Waals surface area contributed by atoms with E-state index < -0.39 is 0 Å². The molecule has 1 rings (SSSR count). The van der Waals surface area contributed by atoms with Crippen molar-refractivity contribution in [3.8, 4) is 0 Å². The van der Waals surface area contributed by atoms with E-state index in [4.69, 9.17) is 10.9 Å². The average Bonchev–Trinajstić information content (AvgIpc) is 2.25. The van der Waals surface area contributed by atoms with E-state index in [1.807, 2.05) is 12.1 Å². The number of oxime groups is 1. The Hall–Kier alpha value is -1.23. The second-order valence-corrected chi connectivity index (χ2v) is 4.59. The van der Waals surface area contributed by atoms with Crippen LogP contribution in [0.3, 0.4) is 0 Å². The van der Waals surface area contributed by atoms with Crippen molar-refractivity contribution >= 4 is 17.6 Å². The van der Waals surface area contributed by atoms with Gasteiger partial charge in [-0.2, -0.15) is 0 Å². The maximum atomic E-state index is 8.51. The Morgan fingerprint density at radius 3 is 2.93 bits per heavy atom. The van der Waals surface area contributed by atoms with Gasteiger partial charge in [0.1, 0.15) is 5.69 Å². The minimum Gasteiger partial charge on any atom is -0.409 e. The first-order valence-electron chi connectivity index (χ1n) is 4.71. The van der Waals surface area contributed by atoms with Crippen molar-refractivity contribution in [1.82, 2.24) is 4.98 Å². The molecule has 3 N–H and O–H groups in total. The van der Waals surface area contributed by atoms with Gasteiger partial charge < -0.3 is 10.9 Å². The Kier molecular flexibility index (Phi) is 4.42. The minimum atomic E-state index is 0.0435. The van der Waals surface area contributed by atoms with Crippen molar-refractivity contribution in [3.05, 3.63) is 23.9 Å². The van der Waals surface area contributed by atoms with Crippen LogP contribution in [0.4, 0.5) is 0 Å². The summed E-state index contributed by atoms with van der Waals surface area (Å²) in [6.45, 7) is 4.31. The van der Waals surface area contributed by atoms with Crippen molar-refractivity contribution in [2.24, 2.45) is 16.8 Å². The van der Waals surface area contributed by atoms with Crippen molar-refractivity contribution in [3.63, 3.8) is 0 Å². The summed E-state index contributed by atoms with van der Waals surface area (Å²) in [7, 11) is 0. The lowest BCUT2D eigenvalue weighted by molar-refractivity contribution is 0.318. The van der Waals surface area contributed by atoms with Crippen LogP contribution in [0.15, 0.2) is 28.4 Å². The molecule has 82 valence electrons. The number of aromatic nitrogens is 1. The number of thioether (sulfide) groups is 1. The second-order valence-electron chi connectivity index (χ2n) is 3.55. The molecule has 1 aromatic rings. The first-order chi connectivity index (χ1) is 7.13. The van der Waals surface area contributed by atoms with Gasteiger partial charge in [0.25, 0.3) is 0 Å². The molecule has 0 aliphatic carbocycles. The maximum absolute atomic E-state index is 8.51. The SMILES string of the molecule is CC(C)CSc1cccc(C(N)=NO)n1. The summed E-state index contributed by atoms with van der Waals surface area (Å²) >= 11 is 1.67. The number of hydrogen-bond donors (Lipinski definition) is 2. The summed E-state index contributed by atoms with van der Waals surface area (Å²) in [5, 5.41) is 12.3. The van der Waals surface area contributed by atoms with Crippen LogP contribution in [0.1, 0.15) is 19.5 Å². The van der Waals surface area contributed by atoms with E-state index in [0.29, 0.717) is 11.6 Å². The molecule has 1 aromatic heterocycles. The lowest BCUT2D eigenvalue weighted by atomic mass is 10.3. The maximum Gasteiger partial charge on any atom is 0.188 e. The van der Waals surface area contributed by atoms with E-state index in [2.05, 4.69) is 24.0 Å². The van der Waals surface area contributed by atoms with E-state index in [9.17, 15) is 0 Å². The van der Waals surface area contributed by atoms with Gasteiger partial charge in [0.15, 0.2) is 5.84 Å². The van der Waals surface area contributed by atoms with E-state index in [1.54, 1.807) is 17.8 Å². The van der Waals surface area contributed by atoms with Gasteiger partial charge in [0, 0.05) is 5.75 Å². The summed E-state index contributed by atoms with van der Waals surface area (Å²) < 4.78 is 0.